The van der Waals surface area contributed by atoms with Crippen molar-refractivity contribution in [3.05, 3.63) is 80.9 Å². The van der Waals surface area contributed by atoms with Crippen LogP contribution in [-0.4, -0.2) is 33.3 Å². The zero-order chi connectivity index (χ0) is 22.8. The van der Waals surface area contributed by atoms with Gasteiger partial charge < -0.3 is 14.5 Å². The highest BCUT2D eigenvalue weighted by Crippen LogP contribution is 2.33. The monoisotopic (exact) mass is 462 g/mol. The van der Waals surface area contributed by atoms with Crippen LogP contribution in [0.15, 0.2) is 74.7 Å². The Labute approximate surface area is 189 Å². The molecular formula is C21H14N6O5S. The Balaban J connectivity index is 1.60. The average Bonchev–Trinajstić information content (AvgIpc) is 3.45. The number of fused-ring (bicyclic) bond motifs is 1. The van der Waals surface area contributed by atoms with Gasteiger partial charge in [0, 0.05) is 17.1 Å². The summed E-state index contributed by atoms with van der Waals surface area (Å²) in [7, 11) is 0. The van der Waals surface area contributed by atoms with Gasteiger partial charge in [0.2, 0.25) is 4.80 Å². The summed E-state index contributed by atoms with van der Waals surface area (Å²) in [5.41, 5.74) is 2.63. The minimum atomic E-state index is -0.618. The van der Waals surface area contributed by atoms with Crippen molar-refractivity contribution in [3.8, 4) is 17.0 Å². The van der Waals surface area contributed by atoms with Crippen molar-refractivity contribution in [1.29, 1.82) is 0 Å². The molecule has 0 aliphatic carbocycles. The molecule has 0 spiro atoms. The number of amides is 1. The Kier molecular flexibility index (Phi) is 5.24. The van der Waals surface area contributed by atoms with Crippen molar-refractivity contribution in [1.82, 2.24) is 9.66 Å². The minimum Gasteiger partial charge on any atom is -0.482 e. The molecule has 1 amide bonds. The van der Waals surface area contributed by atoms with E-state index in [-0.39, 0.29) is 24.2 Å². The largest absolute Gasteiger partial charge is 0.482 e. The molecule has 0 radical (unpaired) electrons. The van der Waals surface area contributed by atoms with Crippen LogP contribution >= 0.6 is 11.3 Å². The first-order chi connectivity index (χ1) is 16.1. The summed E-state index contributed by atoms with van der Waals surface area (Å²) in [6, 6.07) is 11.7. The van der Waals surface area contributed by atoms with Crippen LogP contribution in [0.4, 0.5) is 17.3 Å². The summed E-state index contributed by atoms with van der Waals surface area (Å²) in [5, 5.41) is 20.0. The van der Waals surface area contributed by atoms with E-state index in [0.717, 1.165) is 5.56 Å². The molecule has 0 atom stereocenters. The number of hydrogen-bond acceptors (Lipinski definition) is 9. The molecule has 0 saturated heterocycles. The number of nitro groups is 1. The second-order valence-electron chi connectivity index (χ2n) is 6.76. The number of carbonyl (C=O) groups excluding carboxylic acids is 1. The Bertz CT molecular complexity index is 1450. The second kappa shape index (κ2) is 8.51. The summed E-state index contributed by atoms with van der Waals surface area (Å²) in [6.07, 6.45) is 4.64. The van der Waals surface area contributed by atoms with E-state index in [4.69, 9.17) is 9.15 Å². The van der Waals surface area contributed by atoms with Gasteiger partial charge in [-0.3, -0.25) is 19.9 Å². The van der Waals surface area contributed by atoms with Gasteiger partial charge in [-0.1, -0.05) is 0 Å². The van der Waals surface area contributed by atoms with Crippen LogP contribution in [0.5, 0.6) is 5.75 Å². The van der Waals surface area contributed by atoms with Crippen molar-refractivity contribution in [2.45, 2.75) is 0 Å². The van der Waals surface area contributed by atoms with E-state index in [1.54, 1.807) is 35.3 Å². The Morgan fingerprint density at radius 2 is 2.18 bits per heavy atom. The molecule has 1 aliphatic heterocycles. The smallest absolute Gasteiger partial charge is 0.433 e. The van der Waals surface area contributed by atoms with Crippen LogP contribution in [0.1, 0.15) is 5.76 Å². The average molecular weight is 462 g/mol. The van der Waals surface area contributed by atoms with Gasteiger partial charge in [-0.25, -0.2) is 9.67 Å². The Hall–Kier alpha value is -4.58. The van der Waals surface area contributed by atoms with Crippen molar-refractivity contribution >= 4 is 40.7 Å². The molecule has 4 heterocycles. The van der Waals surface area contributed by atoms with Gasteiger partial charge >= 0.3 is 5.88 Å². The Morgan fingerprint density at radius 1 is 1.27 bits per heavy atom. The summed E-state index contributed by atoms with van der Waals surface area (Å²) in [4.78, 5) is 31.2. The van der Waals surface area contributed by atoms with E-state index in [1.807, 2.05) is 17.5 Å². The van der Waals surface area contributed by atoms with E-state index in [9.17, 15) is 14.9 Å². The number of benzene rings is 1. The first-order valence-electron chi connectivity index (χ1n) is 9.58. The van der Waals surface area contributed by atoms with Crippen molar-refractivity contribution in [3.63, 3.8) is 0 Å². The lowest BCUT2D eigenvalue weighted by atomic mass is 10.1. The van der Waals surface area contributed by atoms with Gasteiger partial charge in [0.05, 0.1) is 35.5 Å². The topological polar surface area (TPSA) is 137 Å². The number of thiazole rings is 1. The number of aromatic nitrogens is 2. The van der Waals surface area contributed by atoms with Gasteiger partial charge in [0.25, 0.3) is 5.91 Å². The van der Waals surface area contributed by atoms with E-state index in [1.165, 1.54) is 29.7 Å². The summed E-state index contributed by atoms with van der Waals surface area (Å²) >= 11 is 1.35. The van der Waals surface area contributed by atoms with Gasteiger partial charge in [0.15, 0.2) is 12.4 Å². The molecule has 3 aromatic heterocycles. The van der Waals surface area contributed by atoms with Crippen LogP contribution in [0.25, 0.3) is 11.3 Å². The SMILES string of the molecule is O=C1COc2ccc(-c3csc(=Nc4cccnc4)n3N=Cc3ccc([N+](=O)[O-])o3)cc2N1. The fourth-order valence-corrected chi connectivity index (χ4v) is 3.94. The number of carbonyl (C=O) groups is 1. The van der Waals surface area contributed by atoms with Crippen LogP contribution in [0.3, 0.4) is 0 Å². The fraction of sp³-hybridized carbons (Fsp3) is 0.0476. The highest BCUT2D eigenvalue weighted by molar-refractivity contribution is 7.07. The van der Waals surface area contributed by atoms with Crippen molar-refractivity contribution in [2.75, 3.05) is 11.9 Å². The molecule has 0 saturated carbocycles. The van der Waals surface area contributed by atoms with E-state index >= 15 is 0 Å². The van der Waals surface area contributed by atoms with Gasteiger partial charge in [0.1, 0.15) is 10.7 Å². The highest BCUT2D eigenvalue weighted by Gasteiger charge is 2.18. The van der Waals surface area contributed by atoms with Crippen LogP contribution in [-0.2, 0) is 4.79 Å². The second-order valence-corrected chi connectivity index (χ2v) is 7.60. The van der Waals surface area contributed by atoms with Gasteiger partial charge in [-0.15, -0.1) is 11.3 Å². The zero-order valence-electron chi connectivity index (χ0n) is 16.7. The standard InChI is InChI=1S/C21H14N6O5S/c28-19-11-31-18-5-3-13(8-16(18)25-19)17-12-33-21(24-14-2-1-7-22-9-14)26(17)23-10-15-4-6-20(32-15)27(29)30/h1-10,12H,11H2,(H,25,28). The Morgan fingerprint density at radius 3 is 2.97 bits per heavy atom. The lowest BCUT2D eigenvalue weighted by Crippen LogP contribution is -2.25. The van der Waals surface area contributed by atoms with Gasteiger partial charge in [-0.05, 0) is 36.4 Å². The molecule has 11 nitrogen and oxygen atoms in total. The number of hydrogen-bond donors (Lipinski definition) is 1. The van der Waals surface area contributed by atoms with Crippen molar-refractivity contribution in [2.24, 2.45) is 10.1 Å². The summed E-state index contributed by atoms with van der Waals surface area (Å²) < 4.78 is 12.2. The first-order valence-corrected chi connectivity index (χ1v) is 10.5. The molecule has 5 rings (SSSR count). The molecule has 1 aliphatic rings. The summed E-state index contributed by atoms with van der Waals surface area (Å²) in [5.74, 6) is 0.178. The third-order valence-electron chi connectivity index (χ3n) is 4.56. The fourth-order valence-electron chi connectivity index (χ4n) is 3.08. The molecule has 1 aromatic carbocycles. The number of nitrogens with one attached hydrogen (secondary N) is 1. The zero-order valence-corrected chi connectivity index (χ0v) is 17.6. The molecule has 0 bridgehead atoms. The maximum Gasteiger partial charge on any atom is 0.433 e. The number of pyridine rings is 1. The normalized spacial score (nSPS) is 13.6. The number of ether oxygens (including phenoxy) is 1. The van der Waals surface area contributed by atoms with Crippen molar-refractivity contribution < 1.29 is 18.9 Å². The molecule has 4 aromatic rings. The molecule has 12 heteroatoms. The quantitative estimate of drug-likeness (QED) is 0.273. The number of furan rings is 1. The third kappa shape index (κ3) is 4.27. The highest BCUT2D eigenvalue weighted by atomic mass is 32.1. The van der Waals surface area contributed by atoms with Gasteiger partial charge in [-0.2, -0.15) is 5.10 Å². The number of rotatable bonds is 5. The maximum atomic E-state index is 11.7. The molecule has 164 valence electrons. The predicted molar refractivity (Wildman–Crippen MR) is 120 cm³/mol. The lowest BCUT2D eigenvalue weighted by Gasteiger charge is -2.18. The maximum absolute atomic E-state index is 11.7. The van der Waals surface area contributed by atoms with E-state index in [2.05, 4.69) is 20.4 Å². The molecule has 0 unspecified atom stereocenters. The molecule has 1 N–H and O–H groups in total. The number of anilines is 1. The van der Waals surface area contributed by atoms with Crippen LogP contribution in [0.2, 0.25) is 0 Å². The van der Waals surface area contributed by atoms with E-state index < -0.39 is 4.92 Å². The molecule has 33 heavy (non-hydrogen) atoms. The predicted octanol–water partition coefficient (Wildman–Crippen LogP) is 3.56. The molecular weight excluding hydrogens is 448 g/mol. The number of nitrogens with zero attached hydrogens (tertiary/aromatic N) is 5. The van der Waals surface area contributed by atoms with Crippen LogP contribution < -0.4 is 14.9 Å². The third-order valence-corrected chi connectivity index (χ3v) is 5.37. The molecule has 0 fully saturated rings. The van der Waals surface area contributed by atoms with E-state index in [0.29, 0.717) is 27.6 Å². The summed E-state index contributed by atoms with van der Waals surface area (Å²) in [6.45, 7) is -0.0293. The van der Waals surface area contributed by atoms with Crippen LogP contribution in [0, 0.1) is 10.1 Å². The lowest BCUT2D eigenvalue weighted by molar-refractivity contribution is -0.402. The first kappa shape index (κ1) is 20.3. The minimum absolute atomic E-state index is 0.0293.